The molecule has 26 heavy (non-hydrogen) atoms. The number of carbonyl (C=O) groups excluding carboxylic acids is 2. The molecule has 136 valence electrons. The predicted octanol–water partition coefficient (Wildman–Crippen LogP) is 4.19. The summed E-state index contributed by atoms with van der Waals surface area (Å²) >= 11 is 5.81. The summed E-state index contributed by atoms with van der Waals surface area (Å²) < 4.78 is 0. The molecule has 1 aliphatic rings. The van der Waals surface area contributed by atoms with Crippen molar-refractivity contribution in [3.63, 3.8) is 0 Å². The van der Waals surface area contributed by atoms with Crippen molar-refractivity contribution >= 4 is 40.6 Å². The molecule has 5 N–H and O–H groups in total. The lowest BCUT2D eigenvalue weighted by Crippen LogP contribution is -2.48. The molecule has 1 fully saturated rings. The van der Waals surface area contributed by atoms with E-state index in [2.05, 4.69) is 16.0 Å². The van der Waals surface area contributed by atoms with Crippen LogP contribution in [0.25, 0.3) is 0 Å². The number of amides is 3. The fourth-order valence-electron chi connectivity index (χ4n) is 2.95. The minimum absolute atomic E-state index is 0.156. The van der Waals surface area contributed by atoms with Crippen LogP contribution in [0.3, 0.4) is 0 Å². The zero-order valence-electron chi connectivity index (χ0n) is 14.2. The summed E-state index contributed by atoms with van der Waals surface area (Å²) in [4.78, 5) is 24.3. The Morgan fingerprint density at radius 2 is 1.23 bits per heavy atom. The van der Waals surface area contributed by atoms with Gasteiger partial charge in [-0.2, -0.15) is 0 Å². The van der Waals surface area contributed by atoms with Crippen LogP contribution in [-0.4, -0.2) is 17.5 Å². The number of carbonyl (C=O) groups is 2. The molecule has 0 unspecified atom stereocenters. The van der Waals surface area contributed by atoms with E-state index in [1.807, 2.05) is 0 Å². The average Bonchev–Trinajstić information content (AvgIpc) is 3.07. The Bertz CT molecular complexity index is 784. The van der Waals surface area contributed by atoms with Gasteiger partial charge >= 0.3 is 6.03 Å². The van der Waals surface area contributed by atoms with E-state index in [1.54, 1.807) is 48.5 Å². The van der Waals surface area contributed by atoms with E-state index in [9.17, 15) is 9.59 Å². The fourth-order valence-corrected chi connectivity index (χ4v) is 3.08. The van der Waals surface area contributed by atoms with Gasteiger partial charge in [-0.3, -0.25) is 4.79 Å². The molecule has 3 rings (SSSR count). The molecule has 0 heterocycles. The van der Waals surface area contributed by atoms with Crippen LogP contribution in [-0.2, 0) is 4.79 Å². The number of rotatable bonds is 4. The first-order chi connectivity index (χ1) is 12.4. The highest BCUT2D eigenvalue weighted by Crippen LogP contribution is 2.28. The minimum Gasteiger partial charge on any atom is -0.324 e. The summed E-state index contributed by atoms with van der Waals surface area (Å²) in [5.41, 5.74) is 7.27. The van der Waals surface area contributed by atoms with Gasteiger partial charge in [-0.25, -0.2) is 4.79 Å². The first kappa shape index (κ1) is 18.2. The number of urea groups is 1. The summed E-state index contributed by atoms with van der Waals surface area (Å²) in [5.74, 6) is -0.156. The first-order valence-electron chi connectivity index (χ1n) is 8.49. The SMILES string of the molecule is NC1(C(=O)Nc2ccc(NC(=O)Nc3ccc(Cl)cc3)cc2)CCCC1. The van der Waals surface area contributed by atoms with Crippen molar-refractivity contribution in [1.29, 1.82) is 0 Å². The molecular formula is C19H21ClN4O2. The van der Waals surface area contributed by atoms with Crippen LogP contribution >= 0.6 is 11.6 Å². The van der Waals surface area contributed by atoms with Crippen LogP contribution in [0.5, 0.6) is 0 Å². The van der Waals surface area contributed by atoms with E-state index in [1.165, 1.54) is 0 Å². The number of benzene rings is 2. The number of nitrogens with one attached hydrogen (secondary N) is 3. The van der Waals surface area contributed by atoms with Crippen molar-refractivity contribution in [1.82, 2.24) is 0 Å². The van der Waals surface area contributed by atoms with Crippen molar-refractivity contribution in [3.05, 3.63) is 53.6 Å². The molecule has 0 aliphatic heterocycles. The Morgan fingerprint density at radius 3 is 1.73 bits per heavy atom. The molecule has 2 aromatic carbocycles. The quantitative estimate of drug-likeness (QED) is 0.647. The predicted molar refractivity (Wildman–Crippen MR) is 105 cm³/mol. The molecule has 6 nitrogen and oxygen atoms in total. The fraction of sp³-hybridized carbons (Fsp3) is 0.263. The third-order valence-electron chi connectivity index (χ3n) is 4.45. The van der Waals surface area contributed by atoms with Gasteiger partial charge in [0.05, 0.1) is 5.54 Å². The number of hydrogen-bond acceptors (Lipinski definition) is 3. The largest absolute Gasteiger partial charge is 0.324 e. The maximum absolute atomic E-state index is 12.3. The van der Waals surface area contributed by atoms with Gasteiger partial charge in [-0.05, 0) is 61.4 Å². The van der Waals surface area contributed by atoms with E-state index < -0.39 is 5.54 Å². The van der Waals surface area contributed by atoms with E-state index in [4.69, 9.17) is 17.3 Å². The van der Waals surface area contributed by atoms with Crippen LogP contribution in [0.15, 0.2) is 48.5 Å². The summed E-state index contributed by atoms with van der Waals surface area (Å²) in [7, 11) is 0. The molecule has 0 bridgehead atoms. The van der Waals surface area contributed by atoms with Crippen LogP contribution in [0, 0.1) is 0 Å². The molecule has 0 atom stereocenters. The molecular weight excluding hydrogens is 352 g/mol. The Labute approximate surface area is 157 Å². The van der Waals surface area contributed by atoms with Gasteiger partial charge < -0.3 is 21.7 Å². The molecule has 1 aliphatic carbocycles. The number of halogens is 1. The third kappa shape index (κ3) is 4.53. The van der Waals surface area contributed by atoms with Crippen molar-refractivity contribution in [3.8, 4) is 0 Å². The highest BCUT2D eigenvalue weighted by atomic mass is 35.5. The Kier molecular flexibility index (Phi) is 5.44. The topological polar surface area (TPSA) is 96.2 Å². The minimum atomic E-state index is -0.768. The third-order valence-corrected chi connectivity index (χ3v) is 4.70. The summed E-state index contributed by atoms with van der Waals surface area (Å²) in [5, 5.41) is 8.89. The van der Waals surface area contributed by atoms with Gasteiger partial charge in [0.15, 0.2) is 0 Å². The zero-order chi connectivity index (χ0) is 18.6. The summed E-state index contributed by atoms with van der Waals surface area (Å²) in [6.45, 7) is 0. The lowest BCUT2D eigenvalue weighted by molar-refractivity contribution is -0.121. The summed E-state index contributed by atoms with van der Waals surface area (Å²) in [6, 6.07) is 13.4. The van der Waals surface area contributed by atoms with Gasteiger partial charge in [0.25, 0.3) is 0 Å². The molecule has 0 saturated heterocycles. The first-order valence-corrected chi connectivity index (χ1v) is 8.86. The van der Waals surface area contributed by atoms with Crippen LogP contribution in [0.4, 0.5) is 21.9 Å². The maximum Gasteiger partial charge on any atom is 0.323 e. The molecule has 3 amide bonds. The second kappa shape index (κ2) is 7.76. The molecule has 2 aromatic rings. The van der Waals surface area contributed by atoms with Crippen molar-refractivity contribution in [2.45, 2.75) is 31.2 Å². The Hall–Kier alpha value is -2.57. The van der Waals surface area contributed by atoms with Gasteiger partial charge in [0, 0.05) is 22.1 Å². The molecule has 0 radical (unpaired) electrons. The van der Waals surface area contributed by atoms with Gasteiger partial charge in [-0.15, -0.1) is 0 Å². The van der Waals surface area contributed by atoms with Gasteiger partial charge in [0.2, 0.25) is 5.91 Å². The number of anilines is 3. The van der Waals surface area contributed by atoms with E-state index in [0.29, 0.717) is 34.9 Å². The van der Waals surface area contributed by atoms with Crippen LogP contribution < -0.4 is 21.7 Å². The highest BCUT2D eigenvalue weighted by molar-refractivity contribution is 6.30. The second-order valence-corrected chi connectivity index (χ2v) is 6.92. The Balaban J connectivity index is 1.54. The average molecular weight is 373 g/mol. The zero-order valence-corrected chi connectivity index (χ0v) is 15.0. The van der Waals surface area contributed by atoms with Crippen LogP contribution in [0.2, 0.25) is 5.02 Å². The lowest BCUT2D eigenvalue weighted by Gasteiger charge is -2.22. The molecule has 0 aromatic heterocycles. The van der Waals surface area contributed by atoms with E-state index in [-0.39, 0.29) is 11.9 Å². The number of hydrogen-bond donors (Lipinski definition) is 4. The lowest BCUT2D eigenvalue weighted by atomic mass is 9.98. The van der Waals surface area contributed by atoms with Gasteiger partial charge in [-0.1, -0.05) is 24.4 Å². The molecule has 1 saturated carbocycles. The van der Waals surface area contributed by atoms with Crippen molar-refractivity contribution in [2.24, 2.45) is 5.73 Å². The van der Waals surface area contributed by atoms with Crippen molar-refractivity contribution < 1.29 is 9.59 Å². The smallest absolute Gasteiger partial charge is 0.323 e. The highest BCUT2D eigenvalue weighted by Gasteiger charge is 2.36. The van der Waals surface area contributed by atoms with Crippen LogP contribution in [0.1, 0.15) is 25.7 Å². The Morgan fingerprint density at radius 1 is 0.808 bits per heavy atom. The van der Waals surface area contributed by atoms with E-state index >= 15 is 0 Å². The second-order valence-electron chi connectivity index (χ2n) is 6.48. The normalized spacial score (nSPS) is 15.3. The van der Waals surface area contributed by atoms with E-state index in [0.717, 1.165) is 12.8 Å². The monoisotopic (exact) mass is 372 g/mol. The number of nitrogens with two attached hydrogens (primary N) is 1. The van der Waals surface area contributed by atoms with Crippen molar-refractivity contribution in [2.75, 3.05) is 16.0 Å². The van der Waals surface area contributed by atoms with Gasteiger partial charge in [0.1, 0.15) is 0 Å². The standard InChI is InChI=1S/C19H21ClN4O2/c20-13-3-5-15(6-4-13)23-18(26)24-16-9-7-14(8-10-16)22-17(25)19(21)11-1-2-12-19/h3-10H,1-2,11-12,21H2,(H,22,25)(H2,23,24,26). The molecule has 0 spiro atoms. The maximum atomic E-state index is 12.3. The molecule has 7 heteroatoms. The summed E-state index contributed by atoms with van der Waals surface area (Å²) in [6.07, 6.45) is 3.39.